The number of rotatable bonds is 5. The third kappa shape index (κ3) is 3.55. The van der Waals surface area contributed by atoms with Gasteiger partial charge in [0.05, 0.1) is 11.3 Å². The van der Waals surface area contributed by atoms with Crippen molar-refractivity contribution in [3.05, 3.63) is 23.8 Å². The molecule has 1 saturated carbocycles. The van der Waals surface area contributed by atoms with Crippen molar-refractivity contribution in [1.82, 2.24) is 0 Å². The Bertz CT molecular complexity index is 641. The summed E-state index contributed by atoms with van der Waals surface area (Å²) in [7, 11) is 0. The van der Waals surface area contributed by atoms with Gasteiger partial charge in [0.25, 0.3) is 5.91 Å². The fourth-order valence-electron chi connectivity index (χ4n) is 4.32. The first-order chi connectivity index (χ1) is 11.1. The van der Waals surface area contributed by atoms with Crippen LogP contribution in [0.3, 0.4) is 0 Å². The van der Waals surface area contributed by atoms with Crippen molar-refractivity contribution in [2.45, 2.75) is 59.4 Å². The number of hydrogen-bond acceptors (Lipinski definition) is 3. The third-order valence-electron chi connectivity index (χ3n) is 5.34. The molecule has 1 aliphatic rings. The number of aromatic hydroxyl groups is 1. The SMILES string of the molecule is CCC1(C)CC(N(C=O)c2cccc(C(N)=O)c2O)CC(C)(C)C1. The zero-order valence-corrected chi connectivity index (χ0v) is 15.0. The van der Waals surface area contributed by atoms with Gasteiger partial charge in [-0.05, 0) is 42.2 Å². The number of anilines is 1. The summed E-state index contributed by atoms with van der Waals surface area (Å²) >= 11 is 0. The number of nitrogens with two attached hydrogens (primary N) is 1. The second-order valence-corrected chi connectivity index (χ2v) is 8.12. The van der Waals surface area contributed by atoms with Crippen LogP contribution in [0, 0.1) is 10.8 Å². The van der Waals surface area contributed by atoms with Crippen LogP contribution < -0.4 is 10.6 Å². The van der Waals surface area contributed by atoms with Gasteiger partial charge in [-0.2, -0.15) is 0 Å². The second-order valence-electron chi connectivity index (χ2n) is 8.12. The van der Waals surface area contributed by atoms with E-state index in [0.29, 0.717) is 5.69 Å². The molecule has 0 aromatic heterocycles. The Morgan fingerprint density at radius 2 is 2.04 bits per heavy atom. The molecule has 1 aliphatic carbocycles. The number of carbonyl (C=O) groups excluding carboxylic acids is 2. The van der Waals surface area contributed by atoms with Crippen molar-refractivity contribution in [2.75, 3.05) is 4.90 Å². The fraction of sp³-hybridized carbons (Fsp3) is 0.579. The van der Waals surface area contributed by atoms with Gasteiger partial charge < -0.3 is 15.7 Å². The van der Waals surface area contributed by atoms with Crippen LogP contribution in [0.15, 0.2) is 18.2 Å². The Kier molecular flexibility index (Phi) is 4.92. The fourth-order valence-corrected chi connectivity index (χ4v) is 4.32. The van der Waals surface area contributed by atoms with Crippen LogP contribution in [0.2, 0.25) is 0 Å². The van der Waals surface area contributed by atoms with Gasteiger partial charge in [0, 0.05) is 6.04 Å². The lowest BCUT2D eigenvalue weighted by atomic mass is 9.61. The standard InChI is InChI=1S/C19H28N2O3/c1-5-19(4)10-13(9-18(2,3)11-19)21(12-22)15-8-6-7-14(16(15)23)17(20)24/h6-8,12-13,23H,5,9-11H2,1-4H3,(H2,20,24). The Hall–Kier alpha value is -2.04. The number of benzene rings is 1. The summed E-state index contributed by atoms with van der Waals surface area (Å²) in [6.07, 6.45) is 4.61. The number of primary amides is 1. The van der Waals surface area contributed by atoms with Gasteiger partial charge in [-0.3, -0.25) is 9.59 Å². The monoisotopic (exact) mass is 332 g/mol. The largest absolute Gasteiger partial charge is 0.505 e. The minimum absolute atomic E-state index is 0.0229. The van der Waals surface area contributed by atoms with E-state index < -0.39 is 5.91 Å². The highest BCUT2D eigenvalue weighted by Crippen LogP contribution is 2.50. The van der Waals surface area contributed by atoms with Crippen molar-refractivity contribution >= 4 is 18.0 Å². The van der Waals surface area contributed by atoms with Crippen LogP contribution in [-0.4, -0.2) is 23.5 Å². The summed E-state index contributed by atoms with van der Waals surface area (Å²) < 4.78 is 0. The molecule has 2 rings (SSSR count). The molecular formula is C19H28N2O3. The van der Waals surface area contributed by atoms with E-state index in [1.165, 1.54) is 6.07 Å². The second kappa shape index (κ2) is 6.46. The average Bonchev–Trinajstić information content (AvgIpc) is 2.47. The summed E-state index contributed by atoms with van der Waals surface area (Å²) in [5, 5.41) is 10.4. The van der Waals surface area contributed by atoms with E-state index in [-0.39, 0.29) is 28.2 Å². The predicted molar refractivity (Wildman–Crippen MR) is 95.0 cm³/mol. The Morgan fingerprint density at radius 1 is 1.38 bits per heavy atom. The van der Waals surface area contributed by atoms with Gasteiger partial charge in [0.1, 0.15) is 0 Å². The Labute approximate surface area is 143 Å². The van der Waals surface area contributed by atoms with Gasteiger partial charge in [0.15, 0.2) is 5.75 Å². The van der Waals surface area contributed by atoms with Crippen LogP contribution >= 0.6 is 0 Å². The van der Waals surface area contributed by atoms with Crippen molar-refractivity contribution in [3.63, 3.8) is 0 Å². The summed E-state index contributed by atoms with van der Waals surface area (Å²) in [5.74, 6) is -0.929. The highest BCUT2D eigenvalue weighted by molar-refractivity contribution is 5.98. The van der Waals surface area contributed by atoms with Crippen LogP contribution in [-0.2, 0) is 4.79 Å². The molecule has 5 nitrogen and oxygen atoms in total. The topological polar surface area (TPSA) is 83.6 Å². The van der Waals surface area contributed by atoms with Crippen LogP contribution in [0.4, 0.5) is 5.69 Å². The molecule has 2 unspecified atom stereocenters. The number of nitrogens with zero attached hydrogens (tertiary/aromatic N) is 1. The maximum absolute atomic E-state index is 11.8. The first kappa shape index (κ1) is 18.3. The predicted octanol–water partition coefficient (Wildman–Crippen LogP) is 3.45. The lowest BCUT2D eigenvalue weighted by Crippen LogP contribution is -2.46. The van der Waals surface area contributed by atoms with Gasteiger partial charge in [0.2, 0.25) is 6.41 Å². The molecule has 2 amide bonds. The van der Waals surface area contributed by atoms with Gasteiger partial charge >= 0.3 is 0 Å². The molecule has 0 aliphatic heterocycles. The van der Waals surface area contributed by atoms with E-state index in [1.807, 2.05) is 0 Å². The number of para-hydroxylation sites is 1. The molecule has 24 heavy (non-hydrogen) atoms. The molecule has 3 N–H and O–H groups in total. The summed E-state index contributed by atoms with van der Waals surface area (Å²) in [4.78, 5) is 24.9. The molecule has 1 aromatic carbocycles. The van der Waals surface area contributed by atoms with Crippen LogP contribution in [0.1, 0.15) is 63.7 Å². The lowest BCUT2D eigenvalue weighted by molar-refractivity contribution is -0.108. The Morgan fingerprint density at radius 3 is 2.58 bits per heavy atom. The molecule has 0 spiro atoms. The first-order valence-electron chi connectivity index (χ1n) is 8.48. The van der Waals surface area contributed by atoms with Crippen molar-refractivity contribution < 1.29 is 14.7 Å². The normalized spacial score (nSPS) is 25.9. The van der Waals surface area contributed by atoms with E-state index in [0.717, 1.165) is 32.1 Å². The van der Waals surface area contributed by atoms with Crippen molar-refractivity contribution in [2.24, 2.45) is 16.6 Å². The number of phenols is 1. The lowest BCUT2D eigenvalue weighted by Gasteiger charge is -2.49. The summed E-state index contributed by atoms with van der Waals surface area (Å²) in [6.45, 7) is 8.87. The summed E-state index contributed by atoms with van der Waals surface area (Å²) in [6, 6.07) is 4.73. The molecule has 2 atom stereocenters. The molecule has 132 valence electrons. The van der Waals surface area contributed by atoms with Gasteiger partial charge in [-0.25, -0.2) is 0 Å². The molecule has 0 heterocycles. The van der Waals surface area contributed by atoms with E-state index in [1.54, 1.807) is 17.0 Å². The quantitative estimate of drug-likeness (QED) is 0.810. The molecule has 1 aromatic rings. The minimum atomic E-state index is -0.706. The highest BCUT2D eigenvalue weighted by Gasteiger charge is 2.42. The van der Waals surface area contributed by atoms with E-state index >= 15 is 0 Å². The zero-order chi connectivity index (χ0) is 18.1. The summed E-state index contributed by atoms with van der Waals surface area (Å²) in [5.41, 5.74) is 5.94. The number of hydrogen-bond donors (Lipinski definition) is 2. The van der Waals surface area contributed by atoms with Crippen molar-refractivity contribution in [3.8, 4) is 5.75 Å². The maximum atomic E-state index is 11.8. The van der Waals surface area contributed by atoms with E-state index in [9.17, 15) is 14.7 Å². The molecule has 0 saturated heterocycles. The highest BCUT2D eigenvalue weighted by atomic mass is 16.3. The van der Waals surface area contributed by atoms with Gasteiger partial charge in [-0.15, -0.1) is 0 Å². The minimum Gasteiger partial charge on any atom is -0.505 e. The molecular weight excluding hydrogens is 304 g/mol. The zero-order valence-electron chi connectivity index (χ0n) is 15.0. The number of carbonyl (C=O) groups is 2. The molecule has 0 bridgehead atoms. The van der Waals surface area contributed by atoms with Crippen LogP contribution in [0.5, 0.6) is 5.75 Å². The maximum Gasteiger partial charge on any atom is 0.252 e. The third-order valence-corrected chi connectivity index (χ3v) is 5.34. The smallest absolute Gasteiger partial charge is 0.252 e. The Balaban J connectivity index is 2.43. The first-order valence-corrected chi connectivity index (χ1v) is 8.48. The van der Waals surface area contributed by atoms with Crippen molar-refractivity contribution in [1.29, 1.82) is 0 Å². The molecule has 0 radical (unpaired) electrons. The number of amides is 2. The average molecular weight is 332 g/mol. The van der Waals surface area contributed by atoms with Crippen LogP contribution in [0.25, 0.3) is 0 Å². The molecule has 5 heteroatoms. The molecule has 1 fully saturated rings. The van der Waals surface area contributed by atoms with E-state index in [4.69, 9.17) is 5.73 Å². The van der Waals surface area contributed by atoms with E-state index in [2.05, 4.69) is 27.7 Å². The van der Waals surface area contributed by atoms with Gasteiger partial charge in [-0.1, -0.05) is 40.2 Å².